The molecule has 0 aliphatic heterocycles. The van der Waals surface area contributed by atoms with E-state index in [0.717, 1.165) is 19.3 Å². The molecule has 0 bridgehead atoms. The van der Waals surface area contributed by atoms with Crippen LogP contribution in [0.15, 0.2) is 24.3 Å². The maximum Gasteiger partial charge on any atom is 0.308 e. The number of halogens is 1. The molecular weight excluding hydrogens is 297 g/mol. The number of amides is 1. The molecule has 0 spiro atoms. The van der Waals surface area contributed by atoms with Crippen LogP contribution in [0, 0.1) is 11.7 Å². The number of hydrogen-bond donors (Lipinski definition) is 2. The first-order chi connectivity index (χ1) is 11.0. The Bertz CT molecular complexity index is 561. The van der Waals surface area contributed by atoms with Crippen LogP contribution in [0.5, 0.6) is 0 Å². The summed E-state index contributed by atoms with van der Waals surface area (Å²) < 4.78 is 13.8. The maximum absolute atomic E-state index is 13.8. The number of carbonyl (C=O) groups is 2. The summed E-state index contributed by atoms with van der Waals surface area (Å²) in [5.74, 6) is -2.14. The Morgan fingerprint density at radius 1 is 1.26 bits per heavy atom. The van der Waals surface area contributed by atoms with Crippen molar-refractivity contribution >= 4 is 11.9 Å². The second-order valence-electron chi connectivity index (χ2n) is 6.38. The van der Waals surface area contributed by atoms with Crippen molar-refractivity contribution in [3.8, 4) is 0 Å². The Morgan fingerprint density at radius 2 is 1.96 bits per heavy atom. The number of benzene rings is 1. The van der Waals surface area contributed by atoms with Crippen LogP contribution in [-0.2, 0) is 9.59 Å². The SMILES string of the molecule is CC(CC(=O)N[C@H]1CCCCC[C@H]1C(=O)O)c1ccccc1F. The fraction of sp³-hybridized carbons (Fsp3) is 0.556. The van der Waals surface area contributed by atoms with Crippen molar-refractivity contribution in [3.05, 3.63) is 35.6 Å². The summed E-state index contributed by atoms with van der Waals surface area (Å²) in [6, 6.07) is 6.11. The van der Waals surface area contributed by atoms with E-state index in [4.69, 9.17) is 0 Å². The molecule has 1 aliphatic carbocycles. The lowest BCUT2D eigenvalue weighted by Crippen LogP contribution is -2.43. The van der Waals surface area contributed by atoms with Crippen molar-refractivity contribution in [2.75, 3.05) is 0 Å². The molecule has 1 saturated carbocycles. The monoisotopic (exact) mass is 321 g/mol. The molecule has 0 aromatic heterocycles. The molecule has 1 aromatic carbocycles. The Kier molecular flexibility index (Phi) is 6.13. The molecule has 4 nitrogen and oxygen atoms in total. The molecule has 0 radical (unpaired) electrons. The average molecular weight is 321 g/mol. The minimum atomic E-state index is -0.848. The van der Waals surface area contributed by atoms with Gasteiger partial charge in [0, 0.05) is 12.5 Å². The molecule has 0 saturated heterocycles. The van der Waals surface area contributed by atoms with Crippen LogP contribution in [0.4, 0.5) is 4.39 Å². The Morgan fingerprint density at radius 3 is 2.65 bits per heavy atom. The van der Waals surface area contributed by atoms with E-state index in [-0.39, 0.29) is 30.1 Å². The first-order valence-electron chi connectivity index (χ1n) is 8.25. The summed E-state index contributed by atoms with van der Waals surface area (Å²) in [7, 11) is 0. The van der Waals surface area contributed by atoms with Gasteiger partial charge in [0.15, 0.2) is 0 Å². The van der Waals surface area contributed by atoms with Gasteiger partial charge in [-0.1, -0.05) is 44.4 Å². The van der Waals surface area contributed by atoms with Crippen LogP contribution in [0.1, 0.15) is 56.9 Å². The highest BCUT2D eigenvalue weighted by Gasteiger charge is 2.30. The average Bonchev–Trinajstić information content (AvgIpc) is 2.73. The van der Waals surface area contributed by atoms with Crippen LogP contribution < -0.4 is 5.32 Å². The molecule has 1 aliphatic rings. The van der Waals surface area contributed by atoms with Gasteiger partial charge < -0.3 is 10.4 Å². The topological polar surface area (TPSA) is 66.4 Å². The van der Waals surface area contributed by atoms with Gasteiger partial charge in [-0.3, -0.25) is 9.59 Å². The fourth-order valence-electron chi connectivity index (χ4n) is 3.30. The molecule has 23 heavy (non-hydrogen) atoms. The van der Waals surface area contributed by atoms with Gasteiger partial charge in [-0.15, -0.1) is 0 Å². The lowest BCUT2D eigenvalue weighted by molar-refractivity contribution is -0.143. The predicted molar refractivity (Wildman–Crippen MR) is 85.6 cm³/mol. The van der Waals surface area contributed by atoms with Crippen LogP contribution in [0.3, 0.4) is 0 Å². The lowest BCUT2D eigenvalue weighted by Gasteiger charge is -2.23. The molecule has 2 rings (SSSR count). The highest BCUT2D eigenvalue weighted by Crippen LogP contribution is 2.25. The zero-order valence-corrected chi connectivity index (χ0v) is 13.4. The van der Waals surface area contributed by atoms with Crippen molar-refractivity contribution in [3.63, 3.8) is 0 Å². The zero-order chi connectivity index (χ0) is 16.8. The fourth-order valence-corrected chi connectivity index (χ4v) is 3.30. The molecule has 126 valence electrons. The van der Waals surface area contributed by atoms with Gasteiger partial charge in [0.25, 0.3) is 0 Å². The van der Waals surface area contributed by atoms with Gasteiger partial charge in [0.1, 0.15) is 5.82 Å². The van der Waals surface area contributed by atoms with Crippen LogP contribution in [0.25, 0.3) is 0 Å². The zero-order valence-electron chi connectivity index (χ0n) is 13.4. The minimum Gasteiger partial charge on any atom is -0.481 e. The smallest absolute Gasteiger partial charge is 0.308 e. The number of carbonyl (C=O) groups excluding carboxylic acids is 1. The second kappa shape index (κ2) is 8.09. The van der Waals surface area contributed by atoms with E-state index in [0.29, 0.717) is 18.4 Å². The maximum atomic E-state index is 13.8. The third-order valence-electron chi connectivity index (χ3n) is 4.61. The summed E-state index contributed by atoms with van der Waals surface area (Å²) in [5, 5.41) is 12.2. The van der Waals surface area contributed by atoms with Crippen LogP contribution >= 0.6 is 0 Å². The number of carboxylic acids is 1. The summed E-state index contributed by atoms with van der Waals surface area (Å²) >= 11 is 0. The molecule has 2 N–H and O–H groups in total. The number of aliphatic carboxylic acids is 1. The summed E-state index contributed by atoms with van der Waals surface area (Å²) in [6.45, 7) is 1.81. The summed E-state index contributed by atoms with van der Waals surface area (Å²) in [5.41, 5.74) is 0.512. The number of nitrogens with one attached hydrogen (secondary N) is 1. The van der Waals surface area contributed by atoms with E-state index < -0.39 is 11.9 Å². The molecule has 3 atom stereocenters. The molecule has 1 fully saturated rings. The Balaban J connectivity index is 1.97. The van der Waals surface area contributed by atoms with E-state index in [1.807, 2.05) is 0 Å². The first kappa shape index (κ1) is 17.4. The number of carboxylic acid groups (broad SMARTS) is 1. The summed E-state index contributed by atoms with van der Waals surface area (Å²) in [4.78, 5) is 23.6. The molecule has 1 amide bonds. The second-order valence-corrected chi connectivity index (χ2v) is 6.38. The van der Waals surface area contributed by atoms with Gasteiger partial charge in [-0.25, -0.2) is 4.39 Å². The number of hydrogen-bond acceptors (Lipinski definition) is 2. The third-order valence-corrected chi connectivity index (χ3v) is 4.61. The van der Waals surface area contributed by atoms with Crippen LogP contribution in [-0.4, -0.2) is 23.0 Å². The van der Waals surface area contributed by atoms with Gasteiger partial charge in [0.2, 0.25) is 5.91 Å². The van der Waals surface area contributed by atoms with Crippen molar-refractivity contribution in [1.82, 2.24) is 5.32 Å². The first-order valence-corrected chi connectivity index (χ1v) is 8.25. The normalized spacial score (nSPS) is 22.9. The van der Waals surface area contributed by atoms with Gasteiger partial charge in [-0.2, -0.15) is 0 Å². The van der Waals surface area contributed by atoms with Crippen molar-refractivity contribution in [2.45, 2.75) is 57.4 Å². The van der Waals surface area contributed by atoms with Gasteiger partial charge >= 0.3 is 5.97 Å². The van der Waals surface area contributed by atoms with E-state index >= 15 is 0 Å². The van der Waals surface area contributed by atoms with Crippen molar-refractivity contribution in [1.29, 1.82) is 0 Å². The highest BCUT2D eigenvalue weighted by atomic mass is 19.1. The van der Waals surface area contributed by atoms with E-state index in [9.17, 15) is 19.1 Å². The van der Waals surface area contributed by atoms with E-state index in [1.54, 1.807) is 25.1 Å². The lowest BCUT2D eigenvalue weighted by atomic mass is 9.93. The molecule has 0 heterocycles. The quantitative estimate of drug-likeness (QED) is 0.816. The molecule has 1 aromatic rings. The Hall–Kier alpha value is -1.91. The molecule has 5 heteroatoms. The van der Waals surface area contributed by atoms with Gasteiger partial charge in [-0.05, 0) is 30.4 Å². The van der Waals surface area contributed by atoms with E-state index in [2.05, 4.69) is 5.32 Å². The summed E-state index contributed by atoms with van der Waals surface area (Å²) in [6.07, 6.45) is 4.26. The standard InChI is InChI=1S/C18H24FNO3/c1-12(13-7-5-6-9-15(13)19)11-17(21)20-16-10-4-2-3-8-14(16)18(22)23/h5-7,9,12,14,16H,2-4,8,10-11H2,1H3,(H,20,21)(H,22,23)/t12?,14-,16+/m1/s1. The Labute approximate surface area is 136 Å². The van der Waals surface area contributed by atoms with Crippen molar-refractivity contribution < 1.29 is 19.1 Å². The molecular formula is C18H24FNO3. The third kappa shape index (κ3) is 4.78. The highest BCUT2D eigenvalue weighted by molar-refractivity contribution is 5.78. The minimum absolute atomic E-state index is 0.157. The van der Waals surface area contributed by atoms with Gasteiger partial charge in [0.05, 0.1) is 5.92 Å². The van der Waals surface area contributed by atoms with E-state index in [1.165, 1.54) is 6.07 Å². The molecule has 1 unspecified atom stereocenters. The number of rotatable bonds is 5. The van der Waals surface area contributed by atoms with Crippen LogP contribution in [0.2, 0.25) is 0 Å². The largest absolute Gasteiger partial charge is 0.481 e. The van der Waals surface area contributed by atoms with Crippen molar-refractivity contribution in [2.24, 2.45) is 5.92 Å². The predicted octanol–water partition coefficient (Wildman–Crippen LogP) is 3.47.